The number of ether oxygens (including phenoxy) is 1. The fourth-order valence-electron chi connectivity index (χ4n) is 2.05. The maximum atomic E-state index is 6.22. The van der Waals surface area contributed by atoms with Gasteiger partial charge in [0.1, 0.15) is 0 Å². The van der Waals surface area contributed by atoms with Crippen LogP contribution in [-0.2, 0) is 4.74 Å². The van der Waals surface area contributed by atoms with Gasteiger partial charge in [-0.05, 0) is 18.8 Å². The van der Waals surface area contributed by atoms with E-state index in [9.17, 15) is 0 Å². The molecule has 0 amide bonds. The highest BCUT2D eigenvalue weighted by Gasteiger charge is 2.25. The third-order valence-electron chi connectivity index (χ3n) is 3.00. The van der Waals surface area contributed by atoms with Crippen LogP contribution in [0.5, 0.6) is 0 Å². The fraction of sp³-hybridized carbons (Fsp3) is 0.545. The summed E-state index contributed by atoms with van der Waals surface area (Å²) in [6, 6.07) is -0.133. The molecule has 0 aromatic carbocycles. The first-order valence-electron chi connectivity index (χ1n) is 5.32. The lowest BCUT2D eigenvalue weighted by atomic mass is 9.88. The number of pyridine rings is 1. The van der Waals surface area contributed by atoms with Gasteiger partial charge in [-0.2, -0.15) is 0 Å². The summed E-state index contributed by atoms with van der Waals surface area (Å²) >= 11 is 12.2. The summed E-state index contributed by atoms with van der Waals surface area (Å²) in [7, 11) is 0. The zero-order valence-electron chi connectivity index (χ0n) is 8.83. The molecule has 1 atom stereocenters. The molecule has 1 aromatic rings. The molecule has 1 fully saturated rings. The standard InChI is InChI=1S/C11H14Cl2N2O/c12-8-5-15-6-9(13)10(8)11(14)7-1-3-16-4-2-7/h5-7,11H,1-4,14H2/t11-/m1/s1. The van der Waals surface area contributed by atoms with Crippen molar-refractivity contribution in [3.8, 4) is 0 Å². The number of rotatable bonds is 2. The number of halogens is 2. The van der Waals surface area contributed by atoms with E-state index in [0.29, 0.717) is 16.0 Å². The Morgan fingerprint density at radius 1 is 1.25 bits per heavy atom. The predicted octanol–water partition coefficient (Wildman–Crippen LogP) is 2.81. The molecule has 0 saturated carbocycles. The summed E-state index contributed by atoms with van der Waals surface area (Å²) in [5, 5.41) is 1.10. The third kappa shape index (κ3) is 2.48. The monoisotopic (exact) mass is 260 g/mol. The maximum Gasteiger partial charge on any atom is 0.0652 e. The number of aromatic nitrogens is 1. The van der Waals surface area contributed by atoms with Crippen LogP contribution < -0.4 is 5.73 Å². The van der Waals surface area contributed by atoms with Gasteiger partial charge in [0.05, 0.1) is 10.0 Å². The zero-order chi connectivity index (χ0) is 11.5. The second kappa shape index (κ2) is 5.32. The Morgan fingerprint density at radius 2 is 1.81 bits per heavy atom. The summed E-state index contributed by atoms with van der Waals surface area (Å²) in [6.07, 6.45) is 5.08. The molecule has 16 heavy (non-hydrogen) atoms. The smallest absolute Gasteiger partial charge is 0.0652 e. The third-order valence-corrected chi connectivity index (χ3v) is 3.60. The van der Waals surface area contributed by atoms with Crippen molar-refractivity contribution in [3.05, 3.63) is 28.0 Å². The van der Waals surface area contributed by atoms with Crippen LogP contribution in [0.1, 0.15) is 24.4 Å². The minimum Gasteiger partial charge on any atom is -0.381 e. The molecule has 0 bridgehead atoms. The Balaban J connectivity index is 2.22. The van der Waals surface area contributed by atoms with Crippen LogP contribution in [0.25, 0.3) is 0 Å². The van der Waals surface area contributed by atoms with Crippen molar-refractivity contribution in [3.63, 3.8) is 0 Å². The lowest BCUT2D eigenvalue weighted by Crippen LogP contribution is -2.28. The first kappa shape index (κ1) is 12.1. The van der Waals surface area contributed by atoms with Crippen molar-refractivity contribution in [1.29, 1.82) is 0 Å². The average molecular weight is 261 g/mol. The van der Waals surface area contributed by atoms with Gasteiger partial charge in [-0.25, -0.2) is 0 Å². The summed E-state index contributed by atoms with van der Waals surface area (Å²) < 4.78 is 5.31. The fourth-order valence-corrected chi connectivity index (χ4v) is 2.67. The maximum absolute atomic E-state index is 6.22. The Hall–Kier alpha value is -0.350. The number of hydrogen-bond acceptors (Lipinski definition) is 3. The van der Waals surface area contributed by atoms with Crippen molar-refractivity contribution in [1.82, 2.24) is 4.98 Å². The van der Waals surface area contributed by atoms with Gasteiger partial charge in [0, 0.05) is 37.2 Å². The highest BCUT2D eigenvalue weighted by atomic mass is 35.5. The van der Waals surface area contributed by atoms with Gasteiger partial charge in [-0.15, -0.1) is 0 Å². The zero-order valence-corrected chi connectivity index (χ0v) is 10.3. The SMILES string of the molecule is N[C@@H](c1c(Cl)cncc1Cl)C1CCOCC1. The number of nitrogens with zero attached hydrogens (tertiary/aromatic N) is 1. The van der Waals surface area contributed by atoms with Gasteiger partial charge in [0.25, 0.3) is 0 Å². The average Bonchev–Trinajstić information content (AvgIpc) is 2.30. The van der Waals surface area contributed by atoms with Crippen molar-refractivity contribution in [2.75, 3.05) is 13.2 Å². The summed E-state index contributed by atoms with van der Waals surface area (Å²) in [4.78, 5) is 3.93. The molecule has 0 aliphatic carbocycles. The van der Waals surface area contributed by atoms with Crippen LogP contribution in [0.3, 0.4) is 0 Å². The molecule has 1 saturated heterocycles. The van der Waals surface area contributed by atoms with Crippen molar-refractivity contribution < 1.29 is 4.74 Å². The Morgan fingerprint density at radius 3 is 2.38 bits per heavy atom. The molecule has 2 heterocycles. The normalized spacial score (nSPS) is 19.7. The Labute approximate surface area is 105 Å². The lowest BCUT2D eigenvalue weighted by molar-refractivity contribution is 0.0584. The molecule has 3 nitrogen and oxygen atoms in total. The van der Waals surface area contributed by atoms with Crippen molar-refractivity contribution in [2.45, 2.75) is 18.9 Å². The van der Waals surface area contributed by atoms with Gasteiger partial charge in [0.2, 0.25) is 0 Å². The number of hydrogen-bond donors (Lipinski definition) is 1. The van der Waals surface area contributed by atoms with Crippen molar-refractivity contribution >= 4 is 23.2 Å². The molecule has 2 rings (SSSR count). The molecule has 88 valence electrons. The molecular weight excluding hydrogens is 247 g/mol. The minimum atomic E-state index is -0.133. The van der Waals surface area contributed by atoms with Crippen LogP contribution in [0.4, 0.5) is 0 Å². The second-order valence-electron chi connectivity index (χ2n) is 3.99. The van der Waals surface area contributed by atoms with Crippen LogP contribution in [0, 0.1) is 5.92 Å². The molecule has 1 aliphatic heterocycles. The molecule has 0 radical (unpaired) electrons. The minimum absolute atomic E-state index is 0.133. The van der Waals surface area contributed by atoms with Gasteiger partial charge >= 0.3 is 0 Å². The van der Waals surface area contributed by atoms with E-state index in [0.717, 1.165) is 31.6 Å². The predicted molar refractivity (Wildman–Crippen MR) is 64.7 cm³/mol. The van der Waals surface area contributed by atoms with Crippen LogP contribution in [0.15, 0.2) is 12.4 Å². The van der Waals surface area contributed by atoms with E-state index in [2.05, 4.69) is 4.98 Å². The first-order valence-corrected chi connectivity index (χ1v) is 6.08. The van der Waals surface area contributed by atoms with E-state index in [1.807, 2.05) is 0 Å². The Bertz CT molecular complexity index is 347. The van der Waals surface area contributed by atoms with Crippen LogP contribution in [0.2, 0.25) is 10.0 Å². The van der Waals surface area contributed by atoms with Crippen LogP contribution in [-0.4, -0.2) is 18.2 Å². The topological polar surface area (TPSA) is 48.1 Å². The second-order valence-corrected chi connectivity index (χ2v) is 4.81. The molecule has 0 spiro atoms. The van der Waals surface area contributed by atoms with E-state index in [-0.39, 0.29) is 6.04 Å². The molecule has 5 heteroatoms. The molecular formula is C11H14Cl2N2O. The summed E-state index contributed by atoms with van der Waals surface area (Å²) in [6.45, 7) is 1.53. The van der Waals surface area contributed by atoms with Gasteiger partial charge in [0.15, 0.2) is 0 Å². The first-order chi connectivity index (χ1) is 7.70. The summed E-state index contributed by atoms with van der Waals surface area (Å²) in [5.74, 6) is 0.381. The van der Waals surface area contributed by atoms with E-state index < -0.39 is 0 Å². The van der Waals surface area contributed by atoms with Gasteiger partial charge in [-0.1, -0.05) is 23.2 Å². The molecule has 1 aliphatic rings. The Kier molecular flexibility index (Phi) is 4.03. The highest BCUT2D eigenvalue weighted by Crippen LogP contribution is 2.35. The largest absolute Gasteiger partial charge is 0.381 e. The lowest BCUT2D eigenvalue weighted by Gasteiger charge is -2.28. The van der Waals surface area contributed by atoms with E-state index >= 15 is 0 Å². The molecule has 1 aromatic heterocycles. The van der Waals surface area contributed by atoms with E-state index in [1.54, 1.807) is 12.4 Å². The molecule has 0 unspecified atom stereocenters. The van der Waals surface area contributed by atoms with E-state index in [1.165, 1.54) is 0 Å². The van der Waals surface area contributed by atoms with Crippen LogP contribution >= 0.6 is 23.2 Å². The van der Waals surface area contributed by atoms with Crippen molar-refractivity contribution in [2.24, 2.45) is 11.7 Å². The summed E-state index contributed by atoms with van der Waals surface area (Å²) in [5.41, 5.74) is 7.03. The quantitative estimate of drug-likeness (QED) is 0.890. The van der Waals surface area contributed by atoms with E-state index in [4.69, 9.17) is 33.7 Å². The van der Waals surface area contributed by atoms with Gasteiger partial charge in [-0.3, -0.25) is 4.98 Å². The number of nitrogens with two attached hydrogens (primary N) is 1. The van der Waals surface area contributed by atoms with Gasteiger partial charge < -0.3 is 10.5 Å². The molecule has 2 N–H and O–H groups in total. The highest BCUT2D eigenvalue weighted by molar-refractivity contribution is 6.35.